The number of amides is 2. The number of aliphatic carboxylic acids is 1. The van der Waals surface area contributed by atoms with Crippen LogP contribution in [0.5, 0.6) is 0 Å². The zero-order chi connectivity index (χ0) is 18.9. The van der Waals surface area contributed by atoms with Crippen molar-refractivity contribution in [2.24, 2.45) is 0 Å². The summed E-state index contributed by atoms with van der Waals surface area (Å²) < 4.78 is -0.234. The molecule has 1 atom stereocenters. The lowest BCUT2D eigenvalue weighted by Gasteiger charge is -2.27. The molecular formula is C16H31N3O4S. The molecule has 0 rings (SSSR count). The summed E-state index contributed by atoms with van der Waals surface area (Å²) in [5, 5.41) is 11.9. The first-order chi connectivity index (χ1) is 11.0. The minimum absolute atomic E-state index is 0.0614. The molecule has 0 heterocycles. The first-order valence-electron chi connectivity index (χ1n) is 8.03. The molecule has 0 aromatic heterocycles. The topological polar surface area (TPSA) is 90.0 Å². The Bertz CT molecular complexity index is 443. The largest absolute Gasteiger partial charge is 0.480 e. The monoisotopic (exact) mass is 361 g/mol. The summed E-state index contributed by atoms with van der Waals surface area (Å²) in [5.74, 6) is -0.792. The molecule has 8 heteroatoms. The van der Waals surface area contributed by atoms with Crippen molar-refractivity contribution in [2.75, 3.05) is 40.0 Å². The van der Waals surface area contributed by atoms with E-state index in [1.165, 1.54) is 30.6 Å². The summed E-state index contributed by atoms with van der Waals surface area (Å²) >= 11 is 1.52. The zero-order valence-corrected chi connectivity index (χ0v) is 16.4. The molecule has 0 aromatic rings. The molecule has 0 radical (unpaired) electrons. The number of carbonyl (C=O) groups is 3. The van der Waals surface area contributed by atoms with E-state index in [0.29, 0.717) is 18.7 Å². The second-order valence-corrected chi connectivity index (χ2v) is 8.17. The lowest BCUT2D eigenvalue weighted by atomic mass is 10.1. The second-order valence-electron chi connectivity index (χ2n) is 6.49. The Morgan fingerprint density at radius 3 is 2.29 bits per heavy atom. The van der Waals surface area contributed by atoms with Gasteiger partial charge in [0.1, 0.15) is 6.04 Å². The second kappa shape index (κ2) is 10.6. The number of carboxylic acid groups (broad SMARTS) is 1. The minimum Gasteiger partial charge on any atom is -0.480 e. The lowest BCUT2D eigenvalue weighted by Crippen LogP contribution is -2.40. The van der Waals surface area contributed by atoms with E-state index in [9.17, 15) is 14.4 Å². The van der Waals surface area contributed by atoms with Gasteiger partial charge in [0.15, 0.2) is 0 Å². The molecule has 0 unspecified atom stereocenters. The average molecular weight is 362 g/mol. The molecule has 0 aromatic carbocycles. The molecule has 0 saturated heterocycles. The van der Waals surface area contributed by atoms with E-state index in [0.717, 1.165) is 6.54 Å². The number of nitrogens with one attached hydrogen (secondary N) is 1. The van der Waals surface area contributed by atoms with Gasteiger partial charge in [-0.05, 0) is 20.4 Å². The highest BCUT2D eigenvalue weighted by Crippen LogP contribution is 2.29. The highest BCUT2D eigenvalue weighted by Gasteiger charge is 2.26. The third kappa shape index (κ3) is 8.54. The summed E-state index contributed by atoms with van der Waals surface area (Å²) in [6, 6.07) is -0.837. The third-order valence-corrected chi connectivity index (χ3v) is 5.36. The average Bonchev–Trinajstić information content (AvgIpc) is 2.53. The van der Waals surface area contributed by atoms with E-state index in [4.69, 9.17) is 5.11 Å². The third-order valence-electron chi connectivity index (χ3n) is 3.98. The number of hydrogen-bond acceptors (Lipinski definition) is 5. The highest BCUT2D eigenvalue weighted by molar-refractivity contribution is 8.01. The maximum atomic E-state index is 12.1. The van der Waals surface area contributed by atoms with Crippen LogP contribution in [0.25, 0.3) is 0 Å². The van der Waals surface area contributed by atoms with Crippen LogP contribution in [0.15, 0.2) is 0 Å². The lowest BCUT2D eigenvalue weighted by molar-refractivity contribution is -0.148. The molecule has 0 aliphatic heterocycles. The van der Waals surface area contributed by atoms with Crippen LogP contribution in [0.1, 0.15) is 33.6 Å². The summed E-state index contributed by atoms with van der Waals surface area (Å²) in [6.45, 7) is 6.88. The quantitative estimate of drug-likeness (QED) is 0.568. The van der Waals surface area contributed by atoms with Crippen molar-refractivity contribution in [3.63, 3.8) is 0 Å². The number of hydrogen-bond donors (Lipinski definition) is 2. The fourth-order valence-corrected chi connectivity index (χ4v) is 2.79. The molecule has 0 spiro atoms. The molecule has 2 amide bonds. The summed E-state index contributed by atoms with van der Waals surface area (Å²) in [5.41, 5.74) is 0. The summed E-state index contributed by atoms with van der Waals surface area (Å²) in [7, 11) is 5.12. The van der Waals surface area contributed by atoms with E-state index >= 15 is 0 Å². The molecular weight excluding hydrogens is 330 g/mol. The number of rotatable bonds is 11. The molecule has 7 nitrogen and oxygen atoms in total. The standard InChI is InChI=1S/C16H31N3O4S/c1-12(15(22)23)19(6)13(20)7-8-16(2,3)24-11-14(21)18(5)10-9-17-4/h12,17H,7-11H2,1-6H3,(H,22,23)/t12-/m0/s1. The van der Waals surface area contributed by atoms with Gasteiger partial charge in [0, 0.05) is 38.4 Å². The number of thioether (sulfide) groups is 1. The van der Waals surface area contributed by atoms with Crippen molar-refractivity contribution in [3.05, 3.63) is 0 Å². The van der Waals surface area contributed by atoms with Crippen molar-refractivity contribution in [1.82, 2.24) is 15.1 Å². The maximum Gasteiger partial charge on any atom is 0.326 e. The Morgan fingerprint density at radius 1 is 1.21 bits per heavy atom. The molecule has 0 aliphatic rings. The Balaban J connectivity index is 4.32. The van der Waals surface area contributed by atoms with Crippen LogP contribution < -0.4 is 5.32 Å². The van der Waals surface area contributed by atoms with Crippen LogP contribution in [-0.2, 0) is 14.4 Å². The molecule has 0 bridgehead atoms. The first kappa shape index (κ1) is 22.7. The maximum absolute atomic E-state index is 12.1. The van der Waals surface area contributed by atoms with E-state index in [1.807, 2.05) is 20.9 Å². The Hall–Kier alpha value is -1.28. The van der Waals surface area contributed by atoms with Crippen LogP contribution in [0.2, 0.25) is 0 Å². The fourth-order valence-electron chi connectivity index (χ4n) is 1.81. The molecule has 24 heavy (non-hydrogen) atoms. The minimum atomic E-state index is -1.02. The summed E-state index contributed by atoms with van der Waals surface area (Å²) in [6.07, 6.45) is 0.846. The number of carboxylic acids is 1. The molecule has 0 aliphatic carbocycles. The van der Waals surface area contributed by atoms with Gasteiger partial charge in [-0.25, -0.2) is 4.79 Å². The van der Waals surface area contributed by atoms with E-state index in [2.05, 4.69) is 5.32 Å². The number of likely N-dealkylation sites (N-methyl/N-ethyl adjacent to an activating group) is 3. The Kier molecular flexibility index (Phi) is 9.99. The molecule has 0 fully saturated rings. The van der Waals surface area contributed by atoms with E-state index < -0.39 is 12.0 Å². The van der Waals surface area contributed by atoms with Crippen LogP contribution >= 0.6 is 11.8 Å². The van der Waals surface area contributed by atoms with Gasteiger partial charge in [0.25, 0.3) is 0 Å². The first-order valence-corrected chi connectivity index (χ1v) is 9.01. The normalized spacial score (nSPS) is 12.6. The number of nitrogens with zero attached hydrogens (tertiary/aromatic N) is 2. The SMILES string of the molecule is CNCCN(C)C(=O)CSC(C)(C)CCC(=O)N(C)[C@@H](C)C(=O)O. The van der Waals surface area contributed by atoms with Gasteiger partial charge in [0.05, 0.1) is 5.75 Å². The van der Waals surface area contributed by atoms with E-state index in [-0.39, 0.29) is 23.0 Å². The van der Waals surface area contributed by atoms with Crippen molar-refractivity contribution < 1.29 is 19.5 Å². The number of carbonyl (C=O) groups excluding carboxylic acids is 2. The Labute approximate surface area is 149 Å². The van der Waals surface area contributed by atoms with Gasteiger partial charge in [-0.3, -0.25) is 9.59 Å². The van der Waals surface area contributed by atoms with Crippen LogP contribution in [-0.4, -0.2) is 83.5 Å². The smallest absolute Gasteiger partial charge is 0.326 e. The molecule has 2 N–H and O–H groups in total. The predicted octanol–water partition coefficient (Wildman–Crippen LogP) is 0.888. The van der Waals surface area contributed by atoms with Gasteiger partial charge in [-0.2, -0.15) is 0 Å². The van der Waals surface area contributed by atoms with Gasteiger partial charge in [0.2, 0.25) is 11.8 Å². The Morgan fingerprint density at radius 2 is 1.79 bits per heavy atom. The van der Waals surface area contributed by atoms with Crippen molar-refractivity contribution in [1.29, 1.82) is 0 Å². The van der Waals surface area contributed by atoms with Crippen molar-refractivity contribution in [3.8, 4) is 0 Å². The van der Waals surface area contributed by atoms with Gasteiger partial charge < -0.3 is 20.2 Å². The van der Waals surface area contributed by atoms with E-state index in [1.54, 1.807) is 11.9 Å². The van der Waals surface area contributed by atoms with Crippen molar-refractivity contribution >= 4 is 29.5 Å². The van der Waals surface area contributed by atoms with Gasteiger partial charge in [-0.1, -0.05) is 13.8 Å². The van der Waals surface area contributed by atoms with Gasteiger partial charge >= 0.3 is 5.97 Å². The molecule has 140 valence electrons. The van der Waals surface area contributed by atoms with Crippen LogP contribution in [0.3, 0.4) is 0 Å². The van der Waals surface area contributed by atoms with Crippen LogP contribution in [0, 0.1) is 0 Å². The van der Waals surface area contributed by atoms with Crippen molar-refractivity contribution in [2.45, 2.75) is 44.4 Å². The predicted molar refractivity (Wildman–Crippen MR) is 97.2 cm³/mol. The fraction of sp³-hybridized carbons (Fsp3) is 0.812. The highest BCUT2D eigenvalue weighted by atomic mass is 32.2. The summed E-state index contributed by atoms with van der Waals surface area (Å²) in [4.78, 5) is 38.0. The molecule has 0 saturated carbocycles. The van der Waals surface area contributed by atoms with Crippen LogP contribution in [0.4, 0.5) is 0 Å². The zero-order valence-electron chi connectivity index (χ0n) is 15.6. The van der Waals surface area contributed by atoms with Gasteiger partial charge in [-0.15, -0.1) is 11.8 Å².